The van der Waals surface area contributed by atoms with Gasteiger partial charge in [-0.3, -0.25) is 24.2 Å². The van der Waals surface area contributed by atoms with Gasteiger partial charge in [0.2, 0.25) is 0 Å². The van der Waals surface area contributed by atoms with E-state index in [1.165, 1.54) is 12.4 Å². The van der Waals surface area contributed by atoms with Crippen LogP contribution in [0.15, 0.2) is 43.0 Å². The third-order valence-electron chi connectivity index (χ3n) is 4.94. The van der Waals surface area contributed by atoms with Crippen molar-refractivity contribution in [3.63, 3.8) is 0 Å². The highest BCUT2D eigenvalue weighted by molar-refractivity contribution is 5.92. The number of carbonyl (C=O) groups is 2. The molecular weight excluding hydrogens is 370 g/mol. The van der Waals surface area contributed by atoms with Crippen molar-refractivity contribution in [1.29, 1.82) is 0 Å². The van der Waals surface area contributed by atoms with Crippen molar-refractivity contribution in [3.05, 3.63) is 71.3 Å². The van der Waals surface area contributed by atoms with E-state index in [0.717, 1.165) is 23.4 Å². The molecule has 0 bridgehead atoms. The van der Waals surface area contributed by atoms with Crippen LogP contribution in [0.3, 0.4) is 0 Å². The monoisotopic (exact) mass is 391 g/mol. The Bertz CT molecular complexity index is 1020. The minimum Gasteiger partial charge on any atom is -0.350 e. The van der Waals surface area contributed by atoms with Crippen LogP contribution in [0, 0.1) is 0 Å². The maximum Gasteiger partial charge on any atom is 0.274 e. The van der Waals surface area contributed by atoms with Crippen molar-refractivity contribution in [2.24, 2.45) is 7.05 Å². The van der Waals surface area contributed by atoms with Crippen LogP contribution in [0.5, 0.6) is 0 Å². The van der Waals surface area contributed by atoms with E-state index < -0.39 is 0 Å². The van der Waals surface area contributed by atoms with Crippen molar-refractivity contribution in [2.75, 3.05) is 13.1 Å². The lowest BCUT2D eigenvalue weighted by atomic mass is 10.0. The fourth-order valence-corrected chi connectivity index (χ4v) is 3.50. The summed E-state index contributed by atoms with van der Waals surface area (Å²) in [7, 11) is 1.91. The number of aryl methyl sites for hydroxylation is 1. The lowest BCUT2D eigenvalue weighted by molar-refractivity contribution is 0.0726. The molecule has 1 N–H and O–H groups in total. The predicted molar refractivity (Wildman–Crippen MR) is 104 cm³/mol. The van der Waals surface area contributed by atoms with Gasteiger partial charge >= 0.3 is 0 Å². The number of hydrogen-bond acceptors (Lipinski definition) is 6. The molecule has 0 radical (unpaired) electrons. The number of carbonyl (C=O) groups excluding carboxylic acids is 2. The third-order valence-corrected chi connectivity index (χ3v) is 4.94. The Kier molecular flexibility index (Phi) is 5.28. The maximum absolute atomic E-state index is 12.7. The van der Waals surface area contributed by atoms with Gasteiger partial charge in [0, 0.05) is 69.4 Å². The molecule has 1 aliphatic heterocycles. The second kappa shape index (κ2) is 8.17. The first-order valence-electron chi connectivity index (χ1n) is 9.41. The van der Waals surface area contributed by atoms with E-state index in [-0.39, 0.29) is 11.8 Å². The molecule has 0 unspecified atom stereocenters. The number of aromatic nitrogens is 5. The zero-order chi connectivity index (χ0) is 20.2. The van der Waals surface area contributed by atoms with Gasteiger partial charge in [-0.15, -0.1) is 0 Å². The van der Waals surface area contributed by atoms with Gasteiger partial charge in [-0.1, -0.05) is 6.07 Å². The third kappa shape index (κ3) is 3.98. The van der Waals surface area contributed by atoms with Crippen LogP contribution in [0.2, 0.25) is 0 Å². The number of amides is 2. The molecule has 29 heavy (non-hydrogen) atoms. The van der Waals surface area contributed by atoms with Crippen molar-refractivity contribution in [3.8, 4) is 0 Å². The average Bonchev–Trinajstić information content (AvgIpc) is 3.09. The number of rotatable bonds is 5. The van der Waals surface area contributed by atoms with Crippen molar-refractivity contribution in [1.82, 2.24) is 34.9 Å². The summed E-state index contributed by atoms with van der Waals surface area (Å²) in [5.41, 5.74) is 3.78. The predicted octanol–water partition coefficient (Wildman–Crippen LogP) is 0.776. The second-order valence-electron chi connectivity index (χ2n) is 6.78. The molecule has 3 aromatic rings. The molecule has 0 atom stereocenters. The van der Waals surface area contributed by atoms with Crippen LogP contribution in [-0.4, -0.2) is 54.5 Å². The quantitative estimate of drug-likeness (QED) is 0.689. The van der Waals surface area contributed by atoms with Crippen LogP contribution in [0.4, 0.5) is 0 Å². The van der Waals surface area contributed by atoms with Crippen molar-refractivity contribution < 1.29 is 9.59 Å². The van der Waals surface area contributed by atoms with Gasteiger partial charge < -0.3 is 10.2 Å². The Morgan fingerprint density at radius 3 is 2.76 bits per heavy atom. The standard InChI is InChI=1S/C20H21N7O2/c1-26-18-6-11-27(20(29)17-12-21-9-10-23-17)13-14(18)15(25-26)5-8-24-19(28)16-4-2-3-7-22-16/h2-4,7,9-10,12H,5-6,8,11,13H2,1H3,(H,24,28). The van der Waals surface area contributed by atoms with Gasteiger partial charge in [0.05, 0.1) is 11.9 Å². The maximum atomic E-state index is 12.7. The summed E-state index contributed by atoms with van der Waals surface area (Å²) >= 11 is 0. The topological polar surface area (TPSA) is 106 Å². The summed E-state index contributed by atoms with van der Waals surface area (Å²) < 4.78 is 1.87. The van der Waals surface area contributed by atoms with E-state index in [2.05, 4.69) is 25.4 Å². The molecule has 4 heterocycles. The summed E-state index contributed by atoms with van der Waals surface area (Å²) in [6.45, 7) is 1.52. The molecule has 0 spiro atoms. The van der Waals surface area contributed by atoms with Crippen LogP contribution >= 0.6 is 0 Å². The fourth-order valence-electron chi connectivity index (χ4n) is 3.50. The molecule has 3 aromatic heterocycles. The summed E-state index contributed by atoms with van der Waals surface area (Å²) in [5.74, 6) is -0.350. The smallest absolute Gasteiger partial charge is 0.274 e. The van der Waals surface area contributed by atoms with Crippen molar-refractivity contribution >= 4 is 11.8 Å². The largest absolute Gasteiger partial charge is 0.350 e. The van der Waals surface area contributed by atoms with Crippen molar-refractivity contribution in [2.45, 2.75) is 19.4 Å². The van der Waals surface area contributed by atoms with Crippen LogP contribution in [-0.2, 0) is 26.4 Å². The van der Waals surface area contributed by atoms with Gasteiger partial charge in [0.15, 0.2) is 0 Å². The lowest BCUT2D eigenvalue weighted by Crippen LogP contribution is -2.37. The molecular formula is C20H21N7O2. The SMILES string of the molecule is Cn1nc(CCNC(=O)c2ccccn2)c2c1CCN(C(=O)c1cnccn1)C2. The normalized spacial score (nSPS) is 13.1. The van der Waals surface area contributed by atoms with E-state index in [0.29, 0.717) is 37.4 Å². The van der Waals surface area contributed by atoms with E-state index in [9.17, 15) is 9.59 Å². The Morgan fingerprint density at radius 2 is 2.00 bits per heavy atom. The summed E-state index contributed by atoms with van der Waals surface area (Å²) in [5, 5.41) is 7.49. The van der Waals surface area contributed by atoms with Gasteiger partial charge in [-0.05, 0) is 12.1 Å². The Balaban J connectivity index is 1.43. The minimum absolute atomic E-state index is 0.137. The molecule has 148 valence electrons. The molecule has 1 aliphatic rings. The van der Waals surface area contributed by atoms with Crippen LogP contribution in [0.25, 0.3) is 0 Å². The first kappa shape index (κ1) is 18.7. The van der Waals surface area contributed by atoms with E-state index in [4.69, 9.17) is 0 Å². The van der Waals surface area contributed by atoms with Gasteiger partial charge in [-0.25, -0.2) is 4.98 Å². The first-order valence-corrected chi connectivity index (χ1v) is 9.41. The number of nitrogens with one attached hydrogen (secondary N) is 1. The molecule has 2 amide bonds. The van der Waals surface area contributed by atoms with Gasteiger partial charge in [0.1, 0.15) is 11.4 Å². The van der Waals surface area contributed by atoms with E-state index >= 15 is 0 Å². The molecule has 9 nitrogen and oxygen atoms in total. The molecule has 0 saturated heterocycles. The first-order chi connectivity index (χ1) is 14.1. The molecule has 0 aromatic carbocycles. The molecule has 0 saturated carbocycles. The number of fused-ring (bicyclic) bond motifs is 1. The Labute approximate surface area is 167 Å². The zero-order valence-corrected chi connectivity index (χ0v) is 16.1. The van der Waals surface area contributed by atoms with Crippen LogP contribution in [0.1, 0.15) is 37.9 Å². The summed E-state index contributed by atoms with van der Waals surface area (Å²) in [6.07, 6.45) is 7.44. The number of pyridine rings is 1. The zero-order valence-electron chi connectivity index (χ0n) is 16.1. The van der Waals surface area contributed by atoms with Crippen LogP contribution < -0.4 is 5.32 Å². The summed E-state index contributed by atoms with van der Waals surface area (Å²) in [4.78, 5) is 38.8. The highest BCUT2D eigenvalue weighted by Gasteiger charge is 2.27. The molecule has 4 rings (SSSR count). The number of hydrogen-bond donors (Lipinski definition) is 1. The highest BCUT2D eigenvalue weighted by Crippen LogP contribution is 2.23. The Hall–Kier alpha value is -3.62. The molecule has 0 aliphatic carbocycles. The lowest BCUT2D eigenvalue weighted by Gasteiger charge is -2.27. The van der Waals surface area contributed by atoms with Gasteiger partial charge in [0.25, 0.3) is 11.8 Å². The van der Waals surface area contributed by atoms with E-state index in [1.807, 2.05) is 11.7 Å². The van der Waals surface area contributed by atoms with E-state index in [1.54, 1.807) is 35.5 Å². The summed E-state index contributed by atoms with van der Waals surface area (Å²) in [6, 6.07) is 5.22. The second-order valence-corrected chi connectivity index (χ2v) is 6.78. The highest BCUT2D eigenvalue weighted by atomic mass is 16.2. The van der Waals surface area contributed by atoms with Gasteiger partial charge in [-0.2, -0.15) is 5.10 Å². The molecule has 9 heteroatoms. The number of nitrogens with zero attached hydrogens (tertiary/aromatic N) is 6. The molecule has 0 fully saturated rings. The Morgan fingerprint density at radius 1 is 1.14 bits per heavy atom. The average molecular weight is 391 g/mol. The fraction of sp³-hybridized carbons (Fsp3) is 0.300. The minimum atomic E-state index is -0.213.